The van der Waals surface area contributed by atoms with Crippen LogP contribution in [0.25, 0.3) is 0 Å². The van der Waals surface area contributed by atoms with Gasteiger partial charge in [0.1, 0.15) is 12.2 Å². The number of hydrogen-bond acceptors (Lipinski definition) is 5. The lowest BCUT2D eigenvalue weighted by molar-refractivity contribution is -0.132. The van der Waals surface area contributed by atoms with Crippen LogP contribution in [-0.2, 0) is 4.79 Å². The minimum Gasteiger partial charge on any atom is -0.394 e. The van der Waals surface area contributed by atoms with Gasteiger partial charge >= 0.3 is 0 Å². The molecular formula is C52H101NO5. The van der Waals surface area contributed by atoms with Crippen LogP contribution in [0.3, 0.4) is 0 Å². The highest BCUT2D eigenvalue weighted by molar-refractivity contribution is 5.80. The standard InChI is InChI=1S/C52H101NO5/c1-3-5-7-9-11-13-15-17-19-20-21-22-23-24-25-26-27-28-29-30-31-32-34-36-38-40-42-44-46-50(56)52(58)53-48(47-54)51(57)49(55)45-43-41-39-37-35-33-18-16-14-12-10-8-6-4-2/h24-25,37,39,48-51,54-57H,3-23,26-36,38,40-47H2,1-2H3,(H,53,58)/b25-24-,39-37+. The Morgan fingerprint density at radius 1 is 0.414 bits per heavy atom. The fourth-order valence-corrected chi connectivity index (χ4v) is 8.05. The van der Waals surface area contributed by atoms with E-state index in [9.17, 15) is 25.2 Å². The molecule has 0 spiro atoms. The predicted octanol–water partition coefficient (Wildman–Crippen LogP) is 14.3. The molecule has 0 radical (unpaired) electrons. The topological polar surface area (TPSA) is 110 Å². The van der Waals surface area contributed by atoms with Crippen LogP contribution in [0.2, 0.25) is 0 Å². The Morgan fingerprint density at radius 2 is 0.707 bits per heavy atom. The van der Waals surface area contributed by atoms with Gasteiger partial charge in [-0.3, -0.25) is 4.79 Å². The quantitative estimate of drug-likeness (QED) is 0.0310. The van der Waals surface area contributed by atoms with Crippen LogP contribution in [0, 0.1) is 0 Å². The van der Waals surface area contributed by atoms with Gasteiger partial charge in [0.15, 0.2) is 0 Å². The molecule has 0 saturated carbocycles. The van der Waals surface area contributed by atoms with Gasteiger partial charge in [0.05, 0.1) is 18.8 Å². The molecule has 0 fully saturated rings. The smallest absolute Gasteiger partial charge is 0.249 e. The molecule has 6 heteroatoms. The molecule has 0 aliphatic rings. The predicted molar refractivity (Wildman–Crippen MR) is 251 cm³/mol. The van der Waals surface area contributed by atoms with Crippen molar-refractivity contribution in [2.24, 2.45) is 0 Å². The summed E-state index contributed by atoms with van der Waals surface area (Å²) < 4.78 is 0. The van der Waals surface area contributed by atoms with Crippen molar-refractivity contribution in [3.63, 3.8) is 0 Å². The maximum Gasteiger partial charge on any atom is 0.249 e. The summed E-state index contributed by atoms with van der Waals surface area (Å²) in [5, 5.41) is 43.8. The Kier molecular flexibility index (Phi) is 45.9. The van der Waals surface area contributed by atoms with Crippen molar-refractivity contribution in [3.05, 3.63) is 24.3 Å². The summed E-state index contributed by atoms with van der Waals surface area (Å²) in [4.78, 5) is 12.5. The van der Waals surface area contributed by atoms with E-state index in [0.717, 1.165) is 38.5 Å². The summed E-state index contributed by atoms with van der Waals surface area (Å²) in [5.41, 5.74) is 0. The first-order valence-corrected chi connectivity index (χ1v) is 25.7. The minimum absolute atomic E-state index is 0.364. The zero-order valence-electron chi connectivity index (χ0n) is 38.8. The van der Waals surface area contributed by atoms with Crippen molar-refractivity contribution in [1.82, 2.24) is 5.32 Å². The van der Waals surface area contributed by atoms with E-state index in [1.54, 1.807) is 0 Å². The van der Waals surface area contributed by atoms with Gasteiger partial charge in [-0.05, 0) is 64.2 Å². The van der Waals surface area contributed by atoms with Crippen LogP contribution >= 0.6 is 0 Å². The van der Waals surface area contributed by atoms with E-state index in [-0.39, 0.29) is 0 Å². The molecule has 0 heterocycles. The third-order valence-electron chi connectivity index (χ3n) is 12.1. The molecule has 1 amide bonds. The number of hydrogen-bond donors (Lipinski definition) is 5. The van der Waals surface area contributed by atoms with Crippen molar-refractivity contribution in [2.45, 2.75) is 295 Å². The number of carbonyl (C=O) groups excluding carboxylic acids is 1. The molecule has 0 aromatic heterocycles. The van der Waals surface area contributed by atoms with Crippen LogP contribution in [0.5, 0.6) is 0 Å². The van der Waals surface area contributed by atoms with Gasteiger partial charge in [-0.25, -0.2) is 0 Å². The lowest BCUT2D eigenvalue weighted by Gasteiger charge is -2.27. The minimum atomic E-state index is -1.28. The molecule has 0 rings (SSSR count). The molecule has 0 aliphatic heterocycles. The van der Waals surface area contributed by atoms with E-state index in [1.165, 1.54) is 205 Å². The van der Waals surface area contributed by atoms with Crippen molar-refractivity contribution < 1.29 is 25.2 Å². The lowest BCUT2D eigenvalue weighted by Crippen LogP contribution is -2.53. The summed E-state index contributed by atoms with van der Waals surface area (Å²) in [6.07, 6.45) is 55.2. The number of rotatable bonds is 47. The molecule has 0 saturated heterocycles. The highest BCUT2D eigenvalue weighted by Gasteiger charge is 2.28. The zero-order chi connectivity index (χ0) is 42.4. The van der Waals surface area contributed by atoms with Gasteiger partial charge in [0, 0.05) is 0 Å². The first-order chi connectivity index (χ1) is 28.5. The summed E-state index contributed by atoms with van der Waals surface area (Å²) in [7, 11) is 0. The number of unbranched alkanes of at least 4 members (excludes halogenated alkanes) is 34. The largest absolute Gasteiger partial charge is 0.394 e. The van der Waals surface area contributed by atoms with E-state index >= 15 is 0 Å². The van der Waals surface area contributed by atoms with Crippen molar-refractivity contribution in [1.29, 1.82) is 0 Å². The first kappa shape index (κ1) is 56.8. The monoisotopic (exact) mass is 820 g/mol. The van der Waals surface area contributed by atoms with Gasteiger partial charge in [0.2, 0.25) is 5.91 Å². The summed E-state index contributed by atoms with van der Waals surface area (Å²) in [6.45, 7) is 4.05. The number of carbonyl (C=O) groups is 1. The van der Waals surface area contributed by atoms with E-state index in [0.29, 0.717) is 12.8 Å². The second kappa shape index (κ2) is 46.8. The van der Waals surface area contributed by atoms with Crippen molar-refractivity contribution in [3.8, 4) is 0 Å². The number of nitrogens with one attached hydrogen (secondary N) is 1. The molecular weight excluding hydrogens is 719 g/mol. The number of aliphatic hydroxyl groups is 4. The van der Waals surface area contributed by atoms with Gasteiger partial charge in [-0.2, -0.15) is 0 Å². The van der Waals surface area contributed by atoms with Gasteiger partial charge in [-0.1, -0.05) is 231 Å². The van der Waals surface area contributed by atoms with Gasteiger partial charge < -0.3 is 25.7 Å². The molecule has 0 aromatic carbocycles. The molecule has 5 N–H and O–H groups in total. The molecule has 58 heavy (non-hydrogen) atoms. The molecule has 344 valence electrons. The number of aliphatic hydroxyl groups excluding tert-OH is 4. The van der Waals surface area contributed by atoms with Crippen molar-refractivity contribution in [2.75, 3.05) is 6.61 Å². The maximum atomic E-state index is 12.5. The Morgan fingerprint density at radius 3 is 1.03 bits per heavy atom. The van der Waals surface area contributed by atoms with Gasteiger partial charge in [-0.15, -0.1) is 0 Å². The van der Waals surface area contributed by atoms with Crippen LogP contribution in [0.4, 0.5) is 0 Å². The zero-order valence-corrected chi connectivity index (χ0v) is 38.8. The van der Waals surface area contributed by atoms with E-state index in [4.69, 9.17) is 0 Å². The average molecular weight is 820 g/mol. The SMILES string of the molecule is CCCCCCCCCCC/C=C/CCCC(O)C(O)C(CO)NC(=O)C(O)CCCCCCCCCCCCCC/C=C\CCCCCCCCCCCCCC. The van der Waals surface area contributed by atoms with Crippen molar-refractivity contribution >= 4 is 5.91 Å². The first-order valence-electron chi connectivity index (χ1n) is 25.7. The highest BCUT2D eigenvalue weighted by atomic mass is 16.3. The normalized spacial score (nSPS) is 14.1. The molecule has 0 aromatic rings. The summed E-state index contributed by atoms with van der Waals surface area (Å²) in [5.74, 6) is -0.591. The number of amides is 1. The molecule has 0 bridgehead atoms. The molecule has 4 atom stereocenters. The van der Waals surface area contributed by atoms with E-state index < -0.39 is 36.9 Å². The molecule has 6 nitrogen and oxygen atoms in total. The third kappa shape index (κ3) is 40.2. The van der Waals surface area contributed by atoms with Crippen LogP contribution in [0.1, 0.15) is 271 Å². The molecule has 4 unspecified atom stereocenters. The lowest BCUT2D eigenvalue weighted by atomic mass is 10.00. The third-order valence-corrected chi connectivity index (χ3v) is 12.1. The maximum absolute atomic E-state index is 12.5. The summed E-state index contributed by atoms with van der Waals surface area (Å²) >= 11 is 0. The van der Waals surface area contributed by atoms with Crippen LogP contribution < -0.4 is 5.32 Å². The Hall–Kier alpha value is -1.21. The Labute approximate surface area is 361 Å². The second-order valence-corrected chi connectivity index (χ2v) is 17.9. The Balaban J connectivity index is 3.63. The number of allylic oxidation sites excluding steroid dienone is 4. The summed E-state index contributed by atoms with van der Waals surface area (Å²) in [6, 6.07) is -1.000. The fraction of sp³-hybridized carbons (Fsp3) is 0.904. The van der Waals surface area contributed by atoms with E-state index in [1.807, 2.05) is 0 Å². The second-order valence-electron chi connectivity index (χ2n) is 17.9. The molecule has 0 aliphatic carbocycles. The van der Waals surface area contributed by atoms with Gasteiger partial charge in [0.25, 0.3) is 0 Å². The van der Waals surface area contributed by atoms with Crippen LogP contribution in [-0.4, -0.2) is 57.3 Å². The van der Waals surface area contributed by atoms with Crippen LogP contribution in [0.15, 0.2) is 24.3 Å². The average Bonchev–Trinajstić information content (AvgIpc) is 3.23. The Bertz CT molecular complexity index is 878. The fourth-order valence-electron chi connectivity index (χ4n) is 8.05. The highest BCUT2D eigenvalue weighted by Crippen LogP contribution is 2.17. The van der Waals surface area contributed by atoms with E-state index in [2.05, 4.69) is 43.5 Å².